The van der Waals surface area contributed by atoms with Crippen molar-refractivity contribution in [3.8, 4) is 11.5 Å². The van der Waals surface area contributed by atoms with E-state index in [1.54, 1.807) is 59.9 Å². The minimum atomic E-state index is -0.879. The van der Waals surface area contributed by atoms with Crippen molar-refractivity contribution < 1.29 is 28.1 Å². The number of aliphatic hydroxyl groups is 1. The van der Waals surface area contributed by atoms with Gasteiger partial charge in [-0.15, -0.1) is 0 Å². The molecular formula is C27H28N4O6S. The van der Waals surface area contributed by atoms with Gasteiger partial charge in [0.05, 0.1) is 29.0 Å². The highest BCUT2D eigenvalue weighted by Gasteiger charge is 2.35. The number of aromatic nitrogens is 2. The third kappa shape index (κ3) is 4.25. The molecule has 1 atom stereocenters. The molecule has 0 saturated carbocycles. The molecule has 5 heterocycles. The first kappa shape index (κ1) is 24.6. The summed E-state index contributed by atoms with van der Waals surface area (Å²) in [6, 6.07) is 6.93. The van der Waals surface area contributed by atoms with Crippen LogP contribution in [0.1, 0.15) is 45.4 Å². The number of likely N-dealkylation sites (tertiary alicyclic amines) is 1. The third-order valence-corrected chi connectivity index (χ3v) is 8.81. The SMILES string of the molecule is Cc1oc2cc(Oc3ccnn4cc(C(=O)N5CC[C@@](C)(O)C5)c(C)c34)ccc2c1C(=O)NC1CS(=O)C1. The number of hydrogen-bond acceptors (Lipinski definition) is 7. The van der Waals surface area contributed by atoms with Gasteiger partial charge < -0.3 is 24.5 Å². The van der Waals surface area contributed by atoms with Crippen LogP contribution in [0.5, 0.6) is 11.5 Å². The zero-order chi connectivity index (χ0) is 26.8. The summed E-state index contributed by atoms with van der Waals surface area (Å²) in [7, 11) is -0.850. The average molecular weight is 537 g/mol. The maximum Gasteiger partial charge on any atom is 0.255 e. The summed E-state index contributed by atoms with van der Waals surface area (Å²) in [5.74, 6) is 2.08. The van der Waals surface area contributed by atoms with Crippen LogP contribution in [0.2, 0.25) is 0 Å². The topological polar surface area (TPSA) is 126 Å². The highest BCUT2D eigenvalue weighted by Crippen LogP contribution is 2.34. The Morgan fingerprint density at radius 3 is 2.76 bits per heavy atom. The van der Waals surface area contributed by atoms with Gasteiger partial charge in [0.25, 0.3) is 11.8 Å². The van der Waals surface area contributed by atoms with E-state index in [1.165, 1.54) is 0 Å². The smallest absolute Gasteiger partial charge is 0.255 e. The molecule has 0 aliphatic carbocycles. The first-order chi connectivity index (χ1) is 18.1. The molecule has 2 N–H and O–H groups in total. The maximum atomic E-state index is 13.2. The molecule has 2 amide bonds. The van der Waals surface area contributed by atoms with Gasteiger partial charge in [-0.05, 0) is 44.9 Å². The summed E-state index contributed by atoms with van der Waals surface area (Å²) >= 11 is 0. The van der Waals surface area contributed by atoms with E-state index in [4.69, 9.17) is 9.15 Å². The lowest BCUT2D eigenvalue weighted by molar-refractivity contribution is 0.0572. The molecule has 10 nitrogen and oxygen atoms in total. The zero-order valence-corrected chi connectivity index (χ0v) is 22.1. The molecule has 6 rings (SSSR count). The summed E-state index contributed by atoms with van der Waals surface area (Å²) in [6.45, 7) is 6.12. The average Bonchev–Trinajstić information content (AvgIpc) is 3.49. The van der Waals surface area contributed by atoms with Crippen molar-refractivity contribution in [3.63, 3.8) is 0 Å². The number of nitrogens with one attached hydrogen (secondary N) is 1. The van der Waals surface area contributed by atoms with Gasteiger partial charge in [0, 0.05) is 59.1 Å². The fraction of sp³-hybridized carbons (Fsp3) is 0.370. The van der Waals surface area contributed by atoms with Crippen molar-refractivity contribution in [2.75, 3.05) is 24.6 Å². The monoisotopic (exact) mass is 536 g/mol. The molecule has 38 heavy (non-hydrogen) atoms. The van der Waals surface area contributed by atoms with E-state index in [0.717, 1.165) is 5.56 Å². The van der Waals surface area contributed by atoms with Crippen molar-refractivity contribution in [3.05, 3.63) is 59.1 Å². The van der Waals surface area contributed by atoms with Crippen LogP contribution >= 0.6 is 0 Å². The van der Waals surface area contributed by atoms with Crippen LogP contribution in [0.4, 0.5) is 0 Å². The highest BCUT2D eigenvalue weighted by atomic mass is 32.2. The van der Waals surface area contributed by atoms with Crippen LogP contribution in [0.25, 0.3) is 16.5 Å². The van der Waals surface area contributed by atoms with Gasteiger partial charge in [0.2, 0.25) is 0 Å². The quantitative estimate of drug-likeness (QED) is 0.402. The Hall–Kier alpha value is -3.70. The molecule has 0 unspecified atom stereocenters. The van der Waals surface area contributed by atoms with Crippen molar-refractivity contribution in [1.29, 1.82) is 0 Å². The number of carbonyl (C=O) groups is 2. The largest absolute Gasteiger partial charge is 0.460 e. The molecule has 1 aromatic carbocycles. The Balaban J connectivity index is 1.28. The zero-order valence-electron chi connectivity index (χ0n) is 21.3. The third-order valence-electron chi connectivity index (χ3n) is 7.26. The van der Waals surface area contributed by atoms with Gasteiger partial charge in [0.1, 0.15) is 22.6 Å². The number of nitrogens with zero attached hydrogens (tertiary/aromatic N) is 3. The fourth-order valence-corrected chi connectivity index (χ4v) is 6.19. The maximum absolute atomic E-state index is 13.2. The number of furan rings is 1. The molecule has 2 aliphatic rings. The number of aryl methyl sites for hydroxylation is 2. The van der Waals surface area contributed by atoms with Gasteiger partial charge in [-0.1, -0.05) is 0 Å². The molecule has 198 valence electrons. The lowest BCUT2D eigenvalue weighted by atomic mass is 10.1. The number of carbonyl (C=O) groups excluding carboxylic acids is 2. The summed E-state index contributed by atoms with van der Waals surface area (Å²) in [5, 5.41) is 18.2. The minimum absolute atomic E-state index is 0.0786. The summed E-state index contributed by atoms with van der Waals surface area (Å²) in [4.78, 5) is 27.7. The number of benzene rings is 1. The van der Waals surface area contributed by atoms with Crippen molar-refractivity contribution in [2.24, 2.45) is 0 Å². The van der Waals surface area contributed by atoms with Crippen LogP contribution in [-0.4, -0.2) is 71.9 Å². The number of amides is 2. The highest BCUT2D eigenvalue weighted by molar-refractivity contribution is 7.86. The molecule has 2 saturated heterocycles. The van der Waals surface area contributed by atoms with Crippen molar-refractivity contribution in [2.45, 2.75) is 38.8 Å². The van der Waals surface area contributed by atoms with Gasteiger partial charge in [-0.2, -0.15) is 5.10 Å². The van der Waals surface area contributed by atoms with Crippen molar-refractivity contribution >= 4 is 39.1 Å². The fourth-order valence-electron chi connectivity index (χ4n) is 5.22. The van der Waals surface area contributed by atoms with E-state index in [1.807, 2.05) is 6.92 Å². The van der Waals surface area contributed by atoms with Gasteiger partial charge in [0.15, 0.2) is 5.75 Å². The molecule has 4 aromatic rings. The molecule has 11 heteroatoms. The number of hydrogen-bond donors (Lipinski definition) is 2. The standard InChI is InChI=1S/C27H28N4O6S/c1-15-20(26(33)30-9-7-27(3,34)14-30)11-31-24(15)21(6-8-28-31)37-18-4-5-19-22(10-18)36-16(2)23(19)25(32)29-17-12-38(35)13-17/h4-6,8,10-11,17,34H,7,9,12-14H2,1-3H3,(H,29,32)/t17?,27-,38?/m1/s1. The van der Waals surface area contributed by atoms with Crippen LogP contribution in [-0.2, 0) is 10.8 Å². The Labute approximate surface area is 221 Å². The number of ether oxygens (including phenoxy) is 1. The number of β-amino-alcohol motifs (C(OH)–C–C–N with tert-alkyl or cyclic N) is 1. The molecular weight excluding hydrogens is 508 g/mol. The first-order valence-electron chi connectivity index (χ1n) is 12.4. The number of fused-ring (bicyclic) bond motifs is 2. The van der Waals surface area contributed by atoms with Crippen LogP contribution in [0.3, 0.4) is 0 Å². The van der Waals surface area contributed by atoms with E-state index in [2.05, 4.69) is 10.4 Å². The number of rotatable bonds is 5. The van der Waals surface area contributed by atoms with Gasteiger partial charge >= 0.3 is 0 Å². The Bertz CT molecular complexity index is 1630. The molecule has 2 fully saturated rings. The van der Waals surface area contributed by atoms with E-state index < -0.39 is 16.4 Å². The van der Waals surface area contributed by atoms with Gasteiger partial charge in [-0.25, -0.2) is 4.52 Å². The van der Waals surface area contributed by atoms with Crippen LogP contribution < -0.4 is 10.1 Å². The lowest BCUT2D eigenvalue weighted by Gasteiger charge is -2.25. The Kier molecular flexibility index (Phi) is 5.80. The van der Waals surface area contributed by atoms with Crippen LogP contribution in [0, 0.1) is 13.8 Å². The van der Waals surface area contributed by atoms with Crippen LogP contribution in [0.15, 0.2) is 41.1 Å². The second-order valence-corrected chi connectivity index (χ2v) is 11.9. The summed E-state index contributed by atoms with van der Waals surface area (Å²) in [6.07, 6.45) is 3.83. The van der Waals surface area contributed by atoms with E-state index >= 15 is 0 Å². The van der Waals surface area contributed by atoms with Gasteiger partial charge in [-0.3, -0.25) is 13.8 Å². The predicted molar refractivity (Wildman–Crippen MR) is 141 cm³/mol. The summed E-state index contributed by atoms with van der Waals surface area (Å²) < 4.78 is 25.1. The predicted octanol–water partition coefficient (Wildman–Crippen LogP) is 2.95. The normalized spacial score (nSPS) is 23.1. The Morgan fingerprint density at radius 2 is 2.05 bits per heavy atom. The molecule has 3 aromatic heterocycles. The first-order valence-corrected chi connectivity index (χ1v) is 13.9. The minimum Gasteiger partial charge on any atom is -0.460 e. The Morgan fingerprint density at radius 1 is 1.26 bits per heavy atom. The van der Waals surface area contributed by atoms with E-state index in [9.17, 15) is 18.9 Å². The summed E-state index contributed by atoms with van der Waals surface area (Å²) in [5.41, 5.74) is 1.99. The van der Waals surface area contributed by atoms with E-state index in [-0.39, 0.29) is 24.4 Å². The van der Waals surface area contributed by atoms with Crippen molar-refractivity contribution in [1.82, 2.24) is 19.8 Å². The molecule has 0 spiro atoms. The van der Waals surface area contributed by atoms with E-state index in [0.29, 0.717) is 69.3 Å². The molecule has 0 radical (unpaired) electrons. The molecule has 2 aliphatic heterocycles. The second-order valence-electron chi connectivity index (χ2n) is 10.4. The molecule has 0 bridgehead atoms. The second kappa shape index (κ2) is 8.95. The lowest BCUT2D eigenvalue weighted by Crippen LogP contribution is -2.50.